The van der Waals surface area contributed by atoms with Crippen LogP contribution in [0.4, 0.5) is 11.4 Å². The van der Waals surface area contributed by atoms with Crippen molar-refractivity contribution >= 4 is 38.9 Å². The summed E-state index contributed by atoms with van der Waals surface area (Å²) in [5.74, 6) is -0.201. The van der Waals surface area contributed by atoms with Gasteiger partial charge in [0, 0.05) is 18.7 Å². The van der Waals surface area contributed by atoms with Gasteiger partial charge in [0.1, 0.15) is 6.54 Å². The van der Waals surface area contributed by atoms with Gasteiger partial charge in [0.2, 0.25) is 5.91 Å². The molecule has 0 unspecified atom stereocenters. The maximum atomic E-state index is 13.7. The molecule has 0 spiro atoms. The zero-order valence-electron chi connectivity index (χ0n) is 21.8. The molecule has 0 saturated heterocycles. The van der Waals surface area contributed by atoms with Crippen LogP contribution in [0.3, 0.4) is 0 Å². The van der Waals surface area contributed by atoms with Gasteiger partial charge in [-0.15, -0.1) is 0 Å². The molecule has 3 aromatic carbocycles. The minimum Gasteiger partial charge on any atom is -0.493 e. The second-order valence-electron chi connectivity index (χ2n) is 8.35. The van der Waals surface area contributed by atoms with Crippen LogP contribution >= 0.6 is 0 Å². The van der Waals surface area contributed by atoms with Crippen molar-refractivity contribution in [3.8, 4) is 11.5 Å². The maximum absolute atomic E-state index is 13.7. The van der Waals surface area contributed by atoms with Crippen molar-refractivity contribution < 1.29 is 27.5 Å². The van der Waals surface area contributed by atoms with E-state index in [-0.39, 0.29) is 16.6 Å². The minimum atomic E-state index is -4.17. The number of ether oxygens (including phenoxy) is 2. The number of nitrogens with zero attached hydrogens (tertiary/aromatic N) is 2. The number of sulfonamides is 1. The van der Waals surface area contributed by atoms with E-state index in [9.17, 15) is 18.0 Å². The third kappa shape index (κ3) is 6.88. The summed E-state index contributed by atoms with van der Waals surface area (Å²) in [4.78, 5) is 24.0. The number of hydrazone groups is 1. The van der Waals surface area contributed by atoms with E-state index in [1.54, 1.807) is 55.5 Å². The van der Waals surface area contributed by atoms with Gasteiger partial charge in [-0.05, 0) is 55.8 Å². The molecule has 0 heterocycles. The summed E-state index contributed by atoms with van der Waals surface area (Å²) in [5.41, 5.74) is 5.53. The van der Waals surface area contributed by atoms with Crippen LogP contribution < -0.4 is 24.5 Å². The molecule has 200 valence electrons. The van der Waals surface area contributed by atoms with Crippen LogP contribution in [0, 0.1) is 6.92 Å². The standard InChI is InChI=1S/C27H30N4O6S/c1-18-6-12-23(13-7-18)31(38(34,35)24-14-15-25(36-4)26(16-24)37-5)17-27(33)30-29-19(2)21-8-10-22(11-9-21)28-20(3)32/h6-16H,17H2,1-5H3,(H,28,32)(H,30,33)/b29-19+. The summed E-state index contributed by atoms with van der Waals surface area (Å²) in [6.07, 6.45) is 0. The molecule has 3 rings (SSSR count). The molecule has 0 atom stereocenters. The Bertz CT molecular complexity index is 1440. The summed E-state index contributed by atoms with van der Waals surface area (Å²) in [5, 5.41) is 6.80. The molecule has 10 nitrogen and oxygen atoms in total. The fraction of sp³-hybridized carbons (Fsp3) is 0.222. The van der Waals surface area contributed by atoms with Crippen molar-refractivity contribution in [3.63, 3.8) is 0 Å². The predicted octanol–water partition coefficient (Wildman–Crippen LogP) is 3.71. The Kier molecular flexibility index (Phi) is 9.08. The number of rotatable bonds is 10. The first-order valence-corrected chi connectivity index (χ1v) is 13.0. The highest BCUT2D eigenvalue weighted by molar-refractivity contribution is 7.92. The van der Waals surface area contributed by atoms with Gasteiger partial charge in [0.15, 0.2) is 11.5 Å². The van der Waals surface area contributed by atoms with Crippen molar-refractivity contribution in [1.82, 2.24) is 5.43 Å². The average Bonchev–Trinajstić information content (AvgIpc) is 2.90. The number of methoxy groups -OCH3 is 2. The van der Waals surface area contributed by atoms with Crippen molar-refractivity contribution in [2.24, 2.45) is 5.10 Å². The second kappa shape index (κ2) is 12.2. The van der Waals surface area contributed by atoms with Crippen LogP contribution in [0.5, 0.6) is 11.5 Å². The molecule has 2 N–H and O–H groups in total. The summed E-state index contributed by atoms with van der Waals surface area (Å²) in [6.45, 7) is 4.48. The molecule has 0 aromatic heterocycles. The Balaban J connectivity index is 1.86. The fourth-order valence-corrected chi connectivity index (χ4v) is 4.94. The van der Waals surface area contributed by atoms with E-state index in [1.165, 1.54) is 39.3 Å². The van der Waals surface area contributed by atoms with Crippen molar-refractivity contribution in [2.75, 3.05) is 30.4 Å². The van der Waals surface area contributed by atoms with Crippen LogP contribution in [0.1, 0.15) is 25.0 Å². The predicted molar refractivity (Wildman–Crippen MR) is 146 cm³/mol. The topological polar surface area (TPSA) is 126 Å². The van der Waals surface area contributed by atoms with Gasteiger partial charge in [-0.3, -0.25) is 13.9 Å². The number of carbonyl (C=O) groups is 2. The smallest absolute Gasteiger partial charge is 0.264 e. The van der Waals surface area contributed by atoms with Crippen LogP contribution in [0.15, 0.2) is 76.7 Å². The van der Waals surface area contributed by atoms with E-state index >= 15 is 0 Å². The number of aryl methyl sites for hydroxylation is 1. The lowest BCUT2D eigenvalue weighted by Crippen LogP contribution is -2.39. The first-order valence-electron chi connectivity index (χ1n) is 11.6. The highest BCUT2D eigenvalue weighted by atomic mass is 32.2. The van der Waals surface area contributed by atoms with E-state index in [4.69, 9.17) is 9.47 Å². The Hall–Kier alpha value is -4.38. The highest BCUT2D eigenvalue weighted by Crippen LogP contribution is 2.32. The minimum absolute atomic E-state index is 0.0672. The number of amides is 2. The first-order chi connectivity index (χ1) is 18.0. The lowest BCUT2D eigenvalue weighted by Gasteiger charge is -2.24. The Morgan fingerprint density at radius 1 is 0.895 bits per heavy atom. The van der Waals surface area contributed by atoms with Crippen molar-refractivity contribution in [3.05, 3.63) is 77.9 Å². The lowest BCUT2D eigenvalue weighted by atomic mass is 10.1. The molecule has 0 aliphatic carbocycles. The number of benzene rings is 3. The Morgan fingerprint density at radius 2 is 1.53 bits per heavy atom. The van der Waals surface area contributed by atoms with Gasteiger partial charge < -0.3 is 14.8 Å². The van der Waals surface area contributed by atoms with E-state index in [0.717, 1.165) is 9.87 Å². The van der Waals surface area contributed by atoms with Gasteiger partial charge in [0.25, 0.3) is 15.9 Å². The Labute approximate surface area is 222 Å². The number of nitrogens with one attached hydrogen (secondary N) is 2. The second-order valence-corrected chi connectivity index (χ2v) is 10.2. The Morgan fingerprint density at radius 3 is 2.11 bits per heavy atom. The molecular weight excluding hydrogens is 508 g/mol. The summed E-state index contributed by atoms with van der Waals surface area (Å²) in [6, 6.07) is 17.9. The summed E-state index contributed by atoms with van der Waals surface area (Å²) in [7, 11) is -1.31. The molecule has 11 heteroatoms. The monoisotopic (exact) mass is 538 g/mol. The van der Waals surface area contributed by atoms with Gasteiger partial charge in [-0.1, -0.05) is 29.8 Å². The third-order valence-electron chi connectivity index (χ3n) is 5.52. The van der Waals surface area contributed by atoms with E-state index < -0.39 is 22.5 Å². The molecule has 3 aromatic rings. The normalized spacial score (nSPS) is 11.4. The van der Waals surface area contributed by atoms with E-state index in [2.05, 4.69) is 15.8 Å². The number of hydrogen-bond donors (Lipinski definition) is 2. The first kappa shape index (κ1) is 28.2. The van der Waals surface area contributed by atoms with Crippen LogP contribution in [0.25, 0.3) is 0 Å². The number of anilines is 2. The largest absolute Gasteiger partial charge is 0.493 e. The fourth-order valence-electron chi connectivity index (χ4n) is 3.50. The zero-order chi connectivity index (χ0) is 27.9. The molecule has 0 radical (unpaired) electrons. The average molecular weight is 539 g/mol. The molecule has 2 amide bonds. The maximum Gasteiger partial charge on any atom is 0.264 e. The molecule has 0 fully saturated rings. The van der Waals surface area contributed by atoms with Gasteiger partial charge in [-0.25, -0.2) is 13.8 Å². The zero-order valence-corrected chi connectivity index (χ0v) is 22.6. The molecular formula is C27H30N4O6S. The van der Waals surface area contributed by atoms with Gasteiger partial charge in [0.05, 0.1) is 30.5 Å². The van der Waals surface area contributed by atoms with Crippen LogP contribution in [-0.4, -0.2) is 46.7 Å². The molecule has 0 aliphatic heterocycles. The van der Waals surface area contributed by atoms with E-state index in [0.29, 0.717) is 28.4 Å². The number of carbonyl (C=O) groups excluding carboxylic acids is 2. The molecule has 38 heavy (non-hydrogen) atoms. The lowest BCUT2D eigenvalue weighted by molar-refractivity contribution is -0.119. The molecule has 0 bridgehead atoms. The number of hydrogen-bond acceptors (Lipinski definition) is 7. The summed E-state index contributed by atoms with van der Waals surface area (Å²) >= 11 is 0. The molecule has 0 aliphatic rings. The summed E-state index contributed by atoms with van der Waals surface area (Å²) < 4.78 is 38.8. The van der Waals surface area contributed by atoms with E-state index in [1.807, 2.05) is 6.92 Å². The quantitative estimate of drug-likeness (QED) is 0.299. The highest BCUT2D eigenvalue weighted by Gasteiger charge is 2.28. The molecule has 0 saturated carbocycles. The SMILES string of the molecule is COc1ccc(S(=O)(=O)N(CC(=O)N/N=C(\C)c2ccc(NC(C)=O)cc2)c2ccc(C)cc2)cc1OC. The van der Waals surface area contributed by atoms with Gasteiger partial charge in [-0.2, -0.15) is 5.10 Å². The van der Waals surface area contributed by atoms with Crippen molar-refractivity contribution in [2.45, 2.75) is 25.7 Å². The van der Waals surface area contributed by atoms with Crippen LogP contribution in [-0.2, 0) is 19.6 Å². The van der Waals surface area contributed by atoms with Crippen molar-refractivity contribution in [1.29, 1.82) is 0 Å². The van der Waals surface area contributed by atoms with Gasteiger partial charge >= 0.3 is 0 Å². The van der Waals surface area contributed by atoms with Crippen LogP contribution in [0.2, 0.25) is 0 Å². The third-order valence-corrected chi connectivity index (χ3v) is 7.29.